The topological polar surface area (TPSA) is 16.1 Å². The molecule has 0 saturated heterocycles. The second kappa shape index (κ2) is 2.50. The van der Waals surface area contributed by atoms with Gasteiger partial charge >= 0.3 is 0 Å². The first kappa shape index (κ1) is 6.60. The van der Waals surface area contributed by atoms with Gasteiger partial charge in [-0.2, -0.15) is 0 Å². The number of halogens is 1. The second-order valence-corrected chi connectivity index (χ2v) is 4.21. The standard InChI is InChI=1S/C6H5IN2S/c7-9-2-1-5-6(3-9)10-4-8-5/h1-2,4H,3H2. The summed E-state index contributed by atoms with van der Waals surface area (Å²) in [6.45, 7) is 0.997. The van der Waals surface area contributed by atoms with Crippen LogP contribution in [0.4, 0.5) is 0 Å². The van der Waals surface area contributed by atoms with Gasteiger partial charge in [0.25, 0.3) is 0 Å². The Bertz CT molecular complexity index is 268. The van der Waals surface area contributed by atoms with Gasteiger partial charge in [0, 0.05) is 6.20 Å². The lowest BCUT2D eigenvalue weighted by molar-refractivity contribution is 0.666. The van der Waals surface area contributed by atoms with Crippen molar-refractivity contribution in [3.8, 4) is 0 Å². The van der Waals surface area contributed by atoms with E-state index in [1.165, 1.54) is 4.88 Å². The van der Waals surface area contributed by atoms with E-state index in [1.807, 2.05) is 17.8 Å². The molecule has 4 heteroatoms. The minimum absolute atomic E-state index is 0.997. The minimum Gasteiger partial charge on any atom is -0.316 e. The maximum absolute atomic E-state index is 4.19. The highest BCUT2D eigenvalue weighted by Gasteiger charge is 2.09. The summed E-state index contributed by atoms with van der Waals surface area (Å²) in [5, 5.41) is 0. The van der Waals surface area contributed by atoms with Gasteiger partial charge in [-0.15, -0.1) is 11.3 Å². The van der Waals surface area contributed by atoms with E-state index in [4.69, 9.17) is 0 Å². The zero-order valence-corrected chi connectivity index (χ0v) is 8.09. The maximum atomic E-state index is 4.19. The Morgan fingerprint density at radius 3 is 3.50 bits per heavy atom. The normalized spacial score (nSPS) is 15.5. The summed E-state index contributed by atoms with van der Waals surface area (Å²) in [5.41, 5.74) is 3.03. The Hall–Kier alpha value is -0.100. The van der Waals surface area contributed by atoms with E-state index < -0.39 is 0 Å². The van der Waals surface area contributed by atoms with E-state index in [9.17, 15) is 0 Å². The van der Waals surface area contributed by atoms with Crippen LogP contribution in [0.15, 0.2) is 11.7 Å². The summed E-state index contributed by atoms with van der Waals surface area (Å²) < 4.78 is 2.12. The fraction of sp³-hybridized carbons (Fsp3) is 0.167. The highest BCUT2D eigenvalue weighted by Crippen LogP contribution is 2.23. The summed E-state index contributed by atoms with van der Waals surface area (Å²) in [4.78, 5) is 5.55. The first-order chi connectivity index (χ1) is 4.86. The van der Waals surface area contributed by atoms with Crippen LogP contribution in [-0.4, -0.2) is 8.10 Å². The Balaban J connectivity index is 2.43. The summed E-state index contributed by atoms with van der Waals surface area (Å²) >= 11 is 4.00. The van der Waals surface area contributed by atoms with Crippen LogP contribution in [-0.2, 0) is 6.54 Å². The Morgan fingerprint density at radius 2 is 2.60 bits per heavy atom. The van der Waals surface area contributed by atoms with Crippen LogP contribution in [0, 0.1) is 0 Å². The number of nitrogens with zero attached hydrogens (tertiary/aromatic N) is 2. The smallest absolute Gasteiger partial charge is 0.0804 e. The Kier molecular flexibility index (Phi) is 1.65. The van der Waals surface area contributed by atoms with E-state index in [1.54, 1.807) is 11.3 Å². The number of thiazole rings is 1. The highest BCUT2D eigenvalue weighted by atomic mass is 127. The van der Waals surface area contributed by atoms with Crippen molar-refractivity contribution in [2.75, 3.05) is 0 Å². The molecule has 0 aliphatic carbocycles. The van der Waals surface area contributed by atoms with Gasteiger partial charge in [0.1, 0.15) is 0 Å². The van der Waals surface area contributed by atoms with Crippen molar-refractivity contribution < 1.29 is 0 Å². The SMILES string of the molecule is IN1C=Cc2ncsc2C1. The summed E-state index contributed by atoms with van der Waals surface area (Å²) in [6.07, 6.45) is 4.09. The molecule has 1 aliphatic heterocycles. The number of rotatable bonds is 0. The number of fused-ring (bicyclic) bond motifs is 1. The van der Waals surface area contributed by atoms with E-state index in [0.29, 0.717) is 0 Å². The summed E-state index contributed by atoms with van der Waals surface area (Å²) in [6, 6.07) is 0. The van der Waals surface area contributed by atoms with Crippen molar-refractivity contribution in [3.63, 3.8) is 0 Å². The van der Waals surface area contributed by atoms with Crippen molar-refractivity contribution in [1.29, 1.82) is 0 Å². The van der Waals surface area contributed by atoms with Gasteiger partial charge in [-0.3, -0.25) is 0 Å². The molecule has 0 unspecified atom stereocenters. The van der Waals surface area contributed by atoms with Gasteiger partial charge in [0.05, 0.1) is 45.5 Å². The van der Waals surface area contributed by atoms with Crippen molar-refractivity contribution in [1.82, 2.24) is 8.10 Å². The van der Waals surface area contributed by atoms with Crippen molar-refractivity contribution >= 4 is 40.3 Å². The lowest BCUT2D eigenvalue weighted by Gasteiger charge is -2.13. The van der Waals surface area contributed by atoms with Gasteiger partial charge < -0.3 is 3.11 Å². The average molecular weight is 264 g/mol. The van der Waals surface area contributed by atoms with Crippen molar-refractivity contribution in [3.05, 3.63) is 22.3 Å². The first-order valence-electron chi connectivity index (χ1n) is 2.89. The monoisotopic (exact) mass is 264 g/mol. The summed E-state index contributed by atoms with van der Waals surface area (Å²) in [5.74, 6) is 0. The first-order valence-corrected chi connectivity index (χ1v) is 4.74. The van der Waals surface area contributed by atoms with Gasteiger partial charge in [0.2, 0.25) is 0 Å². The van der Waals surface area contributed by atoms with E-state index in [0.717, 1.165) is 12.2 Å². The quantitative estimate of drug-likeness (QED) is 0.528. The predicted molar refractivity (Wildman–Crippen MR) is 50.7 cm³/mol. The molecule has 1 aromatic heterocycles. The van der Waals surface area contributed by atoms with Crippen molar-refractivity contribution in [2.24, 2.45) is 0 Å². The average Bonchev–Trinajstić information content (AvgIpc) is 2.33. The molecule has 52 valence electrons. The van der Waals surface area contributed by atoms with Crippen LogP contribution in [0.3, 0.4) is 0 Å². The molecule has 1 aromatic rings. The Morgan fingerprint density at radius 1 is 1.70 bits per heavy atom. The Labute approximate surface area is 77.1 Å². The fourth-order valence-electron chi connectivity index (χ4n) is 0.875. The van der Waals surface area contributed by atoms with Gasteiger partial charge in [-0.1, -0.05) is 0 Å². The van der Waals surface area contributed by atoms with Crippen LogP contribution in [0.2, 0.25) is 0 Å². The maximum Gasteiger partial charge on any atom is 0.0804 e. The molecule has 0 N–H and O–H groups in total. The predicted octanol–water partition coefficient (Wildman–Crippen LogP) is 2.28. The molecule has 10 heavy (non-hydrogen) atoms. The molecule has 0 spiro atoms. The molecule has 0 radical (unpaired) electrons. The van der Waals surface area contributed by atoms with E-state index in [2.05, 4.69) is 31.0 Å². The molecular formula is C6H5IN2S. The molecule has 0 fully saturated rings. The lowest BCUT2D eigenvalue weighted by atomic mass is 10.3. The van der Waals surface area contributed by atoms with Gasteiger partial charge in [-0.25, -0.2) is 4.98 Å². The molecular weight excluding hydrogens is 259 g/mol. The molecule has 0 amide bonds. The number of hydrogen-bond donors (Lipinski definition) is 0. The number of hydrogen-bond acceptors (Lipinski definition) is 3. The second-order valence-electron chi connectivity index (χ2n) is 2.03. The van der Waals surface area contributed by atoms with Crippen LogP contribution >= 0.6 is 34.2 Å². The largest absolute Gasteiger partial charge is 0.316 e. The molecule has 0 atom stereocenters. The lowest BCUT2D eigenvalue weighted by Crippen LogP contribution is -2.05. The molecule has 0 bridgehead atoms. The van der Waals surface area contributed by atoms with Gasteiger partial charge in [-0.05, 0) is 6.08 Å². The zero-order chi connectivity index (χ0) is 6.97. The van der Waals surface area contributed by atoms with E-state index in [-0.39, 0.29) is 0 Å². The fourth-order valence-corrected chi connectivity index (χ4v) is 2.36. The molecule has 2 heterocycles. The molecule has 2 nitrogen and oxygen atoms in total. The number of aromatic nitrogens is 1. The van der Waals surface area contributed by atoms with Crippen LogP contribution < -0.4 is 0 Å². The molecule has 0 saturated carbocycles. The summed E-state index contributed by atoms with van der Waals surface area (Å²) in [7, 11) is 0. The minimum atomic E-state index is 0.997. The van der Waals surface area contributed by atoms with Crippen LogP contribution in [0.1, 0.15) is 10.6 Å². The van der Waals surface area contributed by atoms with Crippen LogP contribution in [0.5, 0.6) is 0 Å². The van der Waals surface area contributed by atoms with Crippen LogP contribution in [0.25, 0.3) is 6.08 Å². The van der Waals surface area contributed by atoms with E-state index >= 15 is 0 Å². The molecule has 1 aliphatic rings. The van der Waals surface area contributed by atoms with Crippen molar-refractivity contribution in [2.45, 2.75) is 6.54 Å². The third kappa shape index (κ3) is 1.05. The highest BCUT2D eigenvalue weighted by molar-refractivity contribution is 14.1. The molecule has 0 aromatic carbocycles. The molecule has 2 rings (SSSR count). The third-order valence-corrected chi connectivity index (χ3v) is 2.86. The van der Waals surface area contributed by atoms with Gasteiger partial charge in [0.15, 0.2) is 0 Å². The zero-order valence-electron chi connectivity index (χ0n) is 5.12. The third-order valence-electron chi connectivity index (χ3n) is 1.36.